The molecule has 0 N–H and O–H groups in total. The molecule has 0 amide bonds. The van der Waals surface area contributed by atoms with E-state index >= 15 is 0 Å². The fourth-order valence-electron chi connectivity index (χ4n) is 0.862. The average Bonchev–Trinajstić information content (AvgIpc) is 1.91. The lowest BCUT2D eigenvalue weighted by atomic mass is 10.2. The summed E-state index contributed by atoms with van der Waals surface area (Å²) in [7, 11) is 0. The minimum Gasteiger partial charge on any atom is -0.289 e. The summed E-state index contributed by atoms with van der Waals surface area (Å²) in [5.74, 6) is 0. The van der Waals surface area contributed by atoms with Gasteiger partial charge in [0.25, 0.3) is 0 Å². The maximum absolute atomic E-state index is 4.29. The molecule has 9 heavy (non-hydrogen) atoms. The zero-order valence-corrected chi connectivity index (χ0v) is 5.80. The van der Waals surface area contributed by atoms with Gasteiger partial charge in [-0.1, -0.05) is 13.3 Å². The van der Waals surface area contributed by atoms with Crippen molar-refractivity contribution in [1.82, 2.24) is 0 Å². The first-order chi connectivity index (χ1) is 4.43. The van der Waals surface area contributed by atoms with Crippen molar-refractivity contribution in [2.75, 3.05) is 13.1 Å². The molecular weight excluding hydrogens is 112 g/mol. The van der Waals surface area contributed by atoms with E-state index in [-0.39, 0.29) is 0 Å². The van der Waals surface area contributed by atoms with Gasteiger partial charge in [0.15, 0.2) is 0 Å². The van der Waals surface area contributed by atoms with Crippen molar-refractivity contribution in [2.24, 2.45) is 9.98 Å². The van der Waals surface area contributed by atoms with Gasteiger partial charge in [0.2, 0.25) is 0 Å². The van der Waals surface area contributed by atoms with E-state index in [2.05, 4.69) is 16.9 Å². The monoisotopic (exact) mass is 124 g/mol. The lowest BCUT2D eigenvalue weighted by molar-refractivity contribution is 0.933. The molecule has 1 heterocycles. The summed E-state index contributed by atoms with van der Waals surface area (Å²) in [6, 6.07) is 0. The van der Waals surface area contributed by atoms with E-state index in [1.54, 1.807) is 0 Å². The molecule has 0 aromatic carbocycles. The topological polar surface area (TPSA) is 24.7 Å². The maximum atomic E-state index is 4.29. The molecule has 2 nitrogen and oxygen atoms in total. The van der Waals surface area contributed by atoms with Crippen LogP contribution in [0.2, 0.25) is 0 Å². The zero-order valence-electron chi connectivity index (χ0n) is 5.80. The highest BCUT2D eigenvalue weighted by atomic mass is 14.9. The van der Waals surface area contributed by atoms with Gasteiger partial charge in [0, 0.05) is 6.21 Å². The van der Waals surface area contributed by atoms with Crippen LogP contribution in [0.15, 0.2) is 9.98 Å². The van der Waals surface area contributed by atoms with Crippen molar-refractivity contribution in [3.63, 3.8) is 0 Å². The van der Waals surface area contributed by atoms with Crippen molar-refractivity contribution < 1.29 is 0 Å². The number of nitrogens with zero attached hydrogens (tertiary/aromatic N) is 2. The predicted octanol–water partition coefficient (Wildman–Crippen LogP) is 1.31. The van der Waals surface area contributed by atoms with Crippen LogP contribution in [-0.4, -0.2) is 25.0 Å². The molecule has 1 aliphatic rings. The molecule has 1 rings (SSSR count). The minimum atomic E-state index is 0.882. The average molecular weight is 124 g/mol. The summed E-state index contributed by atoms with van der Waals surface area (Å²) in [4.78, 5) is 8.41. The van der Waals surface area contributed by atoms with Crippen molar-refractivity contribution in [1.29, 1.82) is 0 Å². The number of rotatable bonds is 2. The van der Waals surface area contributed by atoms with Gasteiger partial charge in [-0.15, -0.1) is 0 Å². The number of aliphatic imine (C=N–C) groups is 2. The van der Waals surface area contributed by atoms with Gasteiger partial charge in [-0.3, -0.25) is 9.98 Å². The third-order valence-corrected chi connectivity index (χ3v) is 1.29. The van der Waals surface area contributed by atoms with Gasteiger partial charge < -0.3 is 0 Å². The van der Waals surface area contributed by atoms with Crippen LogP contribution in [0.25, 0.3) is 0 Å². The molecule has 0 fully saturated rings. The summed E-state index contributed by atoms with van der Waals surface area (Å²) in [6.45, 7) is 3.93. The fourth-order valence-corrected chi connectivity index (χ4v) is 0.862. The lowest BCUT2D eigenvalue weighted by Gasteiger charge is -2.02. The zero-order chi connectivity index (χ0) is 6.53. The first kappa shape index (κ1) is 6.46. The highest BCUT2D eigenvalue weighted by Crippen LogP contribution is 1.94. The van der Waals surface area contributed by atoms with E-state index in [0.29, 0.717) is 0 Å². The van der Waals surface area contributed by atoms with Crippen LogP contribution >= 0.6 is 0 Å². The SMILES string of the molecule is CCCC1=NCCN=C1. The Morgan fingerprint density at radius 1 is 1.56 bits per heavy atom. The number of hydrogen-bond acceptors (Lipinski definition) is 2. The van der Waals surface area contributed by atoms with Crippen molar-refractivity contribution in [3.8, 4) is 0 Å². The Bertz CT molecular complexity index is 136. The van der Waals surface area contributed by atoms with E-state index < -0.39 is 0 Å². The molecule has 0 saturated carbocycles. The van der Waals surface area contributed by atoms with Crippen LogP contribution in [0, 0.1) is 0 Å². The van der Waals surface area contributed by atoms with Crippen LogP contribution in [0.5, 0.6) is 0 Å². The summed E-state index contributed by atoms with van der Waals surface area (Å²) in [5, 5.41) is 0. The second kappa shape index (κ2) is 3.38. The second-order valence-electron chi connectivity index (χ2n) is 2.16. The van der Waals surface area contributed by atoms with E-state index in [9.17, 15) is 0 Å². The van der Waals surface area contributed by atoms with E-state index in [4.69, 9.17) is 0 Å². The Balaban J connectivity index is 2.38. The summed E-state index contributed by atoms with van der Waals surface area (Å²) < 4.78 is 0. The molecule has 0 aromatic heterocycles. The fraction of sp³-hybridized carbons (Fsp3) is 0.714. The molecule has 0 unspecified atom stereocenters. The lowest BCUT2D eigenvalue weighted by Crippen LogP contribution is -2.07. The van der Waals surface area contributed by atoms with Crippen LogP contribution in [0.4, 0.5) is 0 Å². The third-order valence-electron chi connectivity index (χ3n) is 1.29. The van der Waals surface area contributed by atoms with Crippen LogP contribution < -0.4 is 0 Å². The normalized spacial score (nSPS) is 17.7. The molecule has 0 radical (unpaired) electrons. The Kier molecular flexibility index (Phi) is 2.43. The summed E-state index contributed by atoms with van der Waals surface area (Å²) >= 11 is 0. The summed E-state index contributed by atoms with van der Waals surface area (Å²) in [5.41, 5.74) is 1.17. The quantitative estimate of drug-likeness (QED) is 0.530. The van der Waals surface area contributed by atoms with Gasteiger partial charge in [-0.25, -0.2) is 0 Å². The molecule has 1 aliphatic heterocycles. The first-order valence-corrected chi connectivity index (χ1v) is 3.46. The van der Waals surface area contributed by atoms with Crippen LogP contribution in [0.3, 0.4) is 0 Å². The molecule has 0 bridgehead atoms. The van der Waals surface area contributed by atoms with E-state index in [0.717, 1.165) is 19.5 Å². The van der Waals surface area contributed by atoms with E-state index in [1.165, 1.54) is 12.1 Å². The van der Waals surface area contributed by atoms with Gasteiger partial charge >= 0.3 is 0 Å². The summed E-state index contributed by atoms with van der Waals surface area (Å²) in [6.07, 6.45) is 4.15. The van der Waals surface area contributed by atoms with Gasteiger partial charge in [-0.2, -0.15) is 0 Å². The van der Waals surface area contributed by atoms with Crippen LogP contribution in [-0.2, 0) is 0 Å². The largest absolute Gasteiger partial charge is 0.289 e. The van der Waals surface area contributed by atoms with Crippen molar-refractivity contribution >= 4 is 11.9 Å². The van der Waals surface area contributed by atoms with Gasteiger partial charge in [0.05, 0.1) is 18.8 Å². The molecular formula is C7H12N2. The Labute approximate surface area is 55.7 Å². The third kappa shape index (κ3) is 1.96. The standard InChI is InChI=1S/C7H12N2/c1-2-3-7-6-8-4-5-9-7/h6H,2-5H2,1H3. The second-order valence-corrected chi connectivity index (χ2v) is 2.16. The molecule has 0 spiro atoms. The number of hydrogen-bond donors (Lipinski definition) is 0. The Morgan fingerprint density at radius 2 is 2.44 bits per heavy atom. The van der Waals surface area contributed by atoms with Gasteiger partial charge in [-0.05, 0) is 6.42 Å². The Hall–Kier alpha value is -0.660. The smallest absolute Gasteiger partial charge is 0.0589 e. The molecule has 0 saturated heterocycles. The highest BCUT2D eigenvalue weighted by Gasteiger charge is 1.96. The van der Waals surface area contributed by atoms with E-state index in [1.807, 2.05) is 6.21 Å². The van der Waals surface area contributed by atoms with Gasteiger partial charge in [0.1, 0.15) is 0 Å². The van der Waals surface area contributed by atoms with Crippen molar-refractivity contribution in [2.45, 2.75) is 19.8 Å². The first-order valence-electron chi connectivity index (χ1n) is 3.46. The predicted molar refractivity (Wildman–Crippen MR) is 40.6 cm³/mol. The molecule has 50 valence electrons. The molecule has 0 aromatic rings. The molecule has 2 heteroatoms. The van der Waals surface area contributed by atoms with Crippen LogP contribution in [0.1, 0.15) is 19.8 Å². The maximum Gasteiger partial charge on any atom is 0.0589 e. The minimum absolute atomic E-state index is 0.882. The Morgan fingerprint density at radius 3 is 3.00 bits per heavy atom. The van der Waals surface area contributed by atoms with Crippen molar-refractivity contribution in [3.05, 3.63) is 0 Å². The highest BCUT2D eigenvalue weighted by molar-refractivity contribution is 6.30. The molecule has 0 atom stereocenters. The molecule has 0 aliphatic carbocycles.